The molecule has 0 aliphatic heterocycles. The van der Waals surface area contributed by atoms with Crippen molar-refractivity contribution >= 4 is 17.7 Å². The summed E-state index contributed by atoms with van der Waals surface area (Å²) < 4.78 is 4.81. The second-order valence-electron chi connectivity index (χ2n) is 6.09. The molecule has 2 N–H and O–H groups in total. The van der Waals surface area contributed by atoms with Gasteiger partial charge in [0.2, 0.25) is 5.95 Å². The molecule has 0 amide bonds. The molecule has 1 aliphatic rings. The standard InChI is InChI=1S/C15H21N3O3/c1-5-6-8-10-9(18-14(16)17-8)7-15(2,3)11(12(10)19)13(20)21-4/h11H,5-7H2,1-4H3,(H2,16,17,18)/t11-/m1/s1. The van der Waals surface area contributed by atoms with Gasteiger partial charge in [-0.3, -0.25) is 9.59 Å². The van der Waals surface area contributed by atoms with E-state index in [2.05, 4.69) is 9.97 Å². The summed E-state index contributed by atoms with van der Waals surface area (Å²) in [7, 11) is 1.30. The van der Waals surface area contributed by atoms with Crippen LogP contribution in [0.3, 0.4) is 0 Å². The molecule has 0 spiro atoms. The van der Waals surface area contributed by atoms with Gasteiger partial charge in [0, 0.05) is 0 Å². The lowest BCUT2D eigenvalue weighted by molar-refractivity contribution is -0.147. The molecule has 0 fully saturated rings. The molecule has 1 heterocycles. The van der Waals surface area contributed by atoms with E-state index in [4.69, 9.17) is 10.5 Å². The first-order chi connectivity index (χ1) is 9.81. The predicted octanol–water partition coefficient (Wildman–Crippen LogP) is 1.57. The number of carbonyl (C=O) groups excluding carboxylic acids is 2. The number of Topliss-reactive ketones (excluding diaryl/α,β-unsaturated/α-hetero) is 1. The van der Waals surface area contributed by atoms with Crippen LogP contribution in [-0.4, -0.2) is 28.8 Å². The highest BCUT2D eigenvalue weighted by Gasteiger charge is 2.48. The van der Waals surface area contributed by atoms with Crippen LogP contribution in [0.2, 0.25) is 0 Å². The highest BCUT2D eigenvalue weighted by Crippen LogP contribution is 2.40. The van der Waals surface area contributed by atoms with Gasteiger partial charge in [0.1, 0.15) is 5.92 Å². The normalized spacial score (nSPS) is 20.0. The van der Waals surface area contributed by atoms with Crippen LogP contribution in [0.15, 0.2) is 0 Å². The fourth-order valence-corrected chi connectivity index (χ4v) is 2.99. The lowest BCUT2D eigenvalue weighted by atomic mass is 9.67. The van der Waals surface area contributed by atoms with Crippen molar-refractivity contribution in [1.29, 1.82) is 0 Å². The number of methoxy groups -OCH3 is 1. The lowest BCUT2D eigenvalue weighted by Crippen LogP contribution is -2.44. The number of nitrogens with two attached hydrogens (primary N) is 1. The van der Waals surface area contributed by atoms with Crippen molar-refractivity contribution in [3.05, 3.63) is 17.0 Å². The van der Waals surface area contributed by atoms with E-state index in [0.717, 1.165) is 6.42 Å². The van der Waals surface area contributed by atoms with Gasteiger partial charge in [-0.1, -0.05) is 27.2 Å². The molecule has 21 heavy (non-hydrogen) atoms. The molecular weight excluding hydrogens is 270 g/mol. The summed E-state index contributed by atoms with van der Waals surface area (Å²) in [6.45, 7) is 5.74. The maximum Gasteiger partial charge on any atom is 0.317 e. The van der Waals surface area contributed by atoms with Gasteiger partial charge in [0.15, 0.2) is 5.78 Å². The first-order valence-corrected chi connectivity index (χ1v) is 7.09. The molecule has 6 nitrogen and oxygen atoms in total. The Hall–Kier alpha value is -1.98. The van der Waals surface area contributed by atoms with Crippen LogP contribution in [0.4, 0.5) is 5.95 Å². The zero-order valence-electron chi connectivity index (χ0n) is 12.9. The first kappa shape index (κ1) is 15.4. The third-order valence-corrected chi connectivity index (χ3v) is 3.91. The van der Waals surface area contributed by atoms with Crippen LogP contribution in [0.25, 0.3) is 0 Å². The molecular formula is C15H21N3O3. The number of ketones is 1. The van der Waals surface area contributed by atoms with Gasteiger partial charge < -0.3 is 10.5 Å². The SMILES string of the molecule is CCCc1nc(N)nc2c1C(=O)[C@H](C(=O)OC)C(C)(C)C2. The Morgan fingerprint density at radius 2 is 2.10 bits per heavy atom. The first-order valence-electron chi connectivity index (χ1n) is 7.09. The van der Waals surface area contributed by atoms with Crippen LogP contribution in [-0.2, 0) is 22.4 Å². The Labute approximate surface area is 124 Å². The van der Waals surface area contributed by atoms with E-state index >= 15 is 0 Å². The van der Waals surface area contributed by atoms with Crippen molar-refractivity contribution in [2.45, 2.75) is 40.0 Å². The third kappa shape index (κ3) is 2.62. The second kappa shape index (κ2) is 5.42. The van der Waals surface area contributed by atoms with Gasteiger partial charge in [-0.2, -0.15) is 0 Å². The molecule has 1 atom stereocenters. The van der Waals surface area contributed by atoms with Crippen molar-refractivity contribution in [2.24, 2.45) is 11.3 Å². The number of hydrogen-bond donors (Lipinski definition) is 1. The number of rotatable bonds is 3. The fraction of sp³-hybridized carbons (Fsp3) is 0.600. The number of ether oxygens (including phenoxy) is 1. The molecule has 1 aromatic heterocycles. The number of esters is 1. The largest absolute Gasteiger partial charge is 0.468 e. The number of aryl methyl sites for hydroxylation is 1. The average Bonchev–Trinajstić information content (AvgIpc) is 2.36. The van der Waals surface area contributed by atoms with Crippen LogP contribution in [0.5, 0.6) is 0 Å². The van der Waals surface area contributed by atoms with Gasteiger partial charge in [-0.05, 0) is 18.3 Å². The molecule has 0 aromatic carbocycles. The van der Waals surface area contributed by atoms with E-state index in [9.17, 15) is 9.59 Å². The summed E-state index contributed by atoms with van der Waals surface area (Å²) in [6.07, 6.45) is 1.97. The molecule has 1 aliphatic carbocycles. The predicted molar refractivity (Wildman–Crippen MR) is 77.8 cm³/mol. The van der Waals surface area contributed by atoms with Crippen molar-refractivity contribution in [2.75, 3.05) is 12.8 Å². The fourth-order valence-electron chi connectivity index (χ4n) is 2.99. The molecule has 0 saturated heterocycles. The highest BCUT2D eigenvalue weighted by molar-refractivity contribution is 6.11. The third-order valence-electron chi connectivity index (χ3n) is 3.91. The van der Waals surface area contributed by atoms with Crippen LogP contribution >= 0.6 is 0 Å². The Kier molecular flexibility index (Phi) is 3.98. The van der Waals surface area contributed by atoms with E-state index in [0.29, 0.717) is 29.8 Å². The van der Waals surface area contributed by atoms with Crippen molar-refractivity contribution in [3.63, 3.8) is 0 Å². The molecule has 114 valence electrons. The van der Waals surface area contributed by atoms with E-state index < -0.39 is 17.3 Å². The van der Waals surface area contributed by atoms with Crippen LogP contribution in [0.1, 0.15) is 48.9 Å². The summed E-state index contributed by atoms with van der Waals surface area (Å²) in [6, 6.07) is 0. The quantitative estimate of drug-likeness (QED) is 0.671. The van der Waals surface area contributed by atoms with E-state index in [1.54, 1.807) is 0 Å². The van der Waals surface area contributed by atoms with Crippen molar-refractivity contribution in [3.8, 4) is 0 Å². The summed E-state index contributed by atoms with van der Waals surface area (Å²) in [5.74, 6) is -1.40. The maximum absolute atomic E-state index is 12.8. The zero-order valence-corrected chi connectivity index (χ0v) is 12.9. The zero-order chi connectivity index (χ0) is 15.8. The maximum atomic E-state index is 12.8. The minimum absolute atomic E-state index is 0.178. The minimum atomic E-state index is -0.821. The Morgan fingerprint density at radius 1 is 1.43 bits per heavy atom. The summed E-state index contributed by atoms with van der Waals surface area (Å²) in [5.41, 5.74) is 6.92. The summed E-state index contributed by atoms with van der Waals surface area (Å²) in [4.78, 5) is 33.3. The minimum Gasteiger partial charge on any atom is -0.468 e. The Morgan fingerprint density at radius 3 is 2.67 bits per heavy atom. The lowest BCUT2D eigenvalue weighted by Gasteiger charge is -2.36. The number of nitrogens with zero attached hydrogens (tertiary/aromatic N) is 2. The van der Waals surface area contributed by atoms with Gasteiger partial charge >= 0.3 is 5.97 Å². The average molecular weight is 291 g/mol. The number of nitrogen functional groups attached to an aromatic ring is 1. The van der Waals surface area contributed by atoms with E-state index in [-0.39, 0.29) is 11.7 Å². The number of anilines is 1. The number of aromatic nitrogens is 2. The van der Waals surface area contributed by atoms with Gasteiger partial charge in [-0.25, -0.2) is 9.97 Å². The topological polar surface area (TPSA) is 95.2 Å². The molecule has 2 rings (SSSR count). The number of carbonyl (C=O) groups is 2. The molecule has 0 radical (unpaired) electrons. The number of fused-ring (bicyclic) bond motifs is 1. The van der Waals surface area contributed by atoms with Crippen LogP contribution in [0, 0.1) is 11.3 Å². The summed E-state index contributed by atoms with van der Waals surface area (Å²) >= 11 is 0. The summed E-state index contributed by atoms with van der Waals surface area (Å²) in [5, 5.41) is 0. The Bertz CT molecular complexity index is 596. The second-order valence-corrected chi connectivity index (χ2v) is 6.09. The van der Waals surface area contributed by atoms with Gasteiger partial charge in [-0.15, -0.1) is 0 Å². The monoisotopic (exact) mass is 291 g/mol. The Balaban J connectivity index is 2.61. The van der Waals surface area contributed by atoms with Crippen molar-refractivity contribution < 1.29 is 14.3 Å². The smallest absolute Gasteiger partial charge is 0.317 e. The highest BCUT2D eigenvalue weighted by atomic mass is 16.5. The van der Waals surface area contributed by atoms with E-state index in [1.165, 1.54) is 7.11 Å². The van der Waals surface area contributed by atoms with Gasteiger partial charge in [0.25, 0.3) is 0 Å². The molecule has 1 aromatic rings. The molecule has 0 unspecified atom stereocenters. The molecule has 6 heteroatoms. The van der Waals surface area contributed by atoms with Crippen molar-refractivity contribution in [1.82, 2.24) is 9.97 Å². The van der Waals surface area contributed by atoms with Crippen LogP contribution < -0.4 is 5.73 Å². The van der Waals surface area contributed by atoms with Gasteiger partial charge in [0.05, 0.1) is 24.1 Å². The molecule has 0 bridgehead atoms. The van der Waals surface area contributed by atoms with E-state index in [1.807, 2.05) is 20.8 Å². The molecule has 0 saturated carbocycles. The number of hydrogen-bond acceptors (Lipinski definition) is 6.